The van der Waals surface area contributed by atoms with E-state index in [1.165, 1.54) is 0 Å². The molecule has 0 aliphatic carbocycles. The average Bonchev–Trinajstić information content (AvgIpc) is 3.06. The molecular formula is C22H19ClN2O. The molecule has 0 bridgehead atoms. The molecule has 1 amide bonds. The van der Waals surface area contributed by atoms with Crippen molar-refractivity contribution in [2.45, 2.75) is 20.4 Å². The summed E-state index contributed by atoms with van der Waals surface area (Å²) in [6.45, 7) is 4.56. The quantitative estimate of drug-likeness (QED) is 0.624. The van der Waals surface area contributed by atoms with Crippen molar-refractivity contribution in [2.75, 3.05) is 4.90 Å². The minimum Gasteiger partial charge on any atom is -0.359 e. The summed E-state index contributed by atoms with van der Waals surface area (Å²) in [5, 5.41) is 0.677. The molecule has 1 N–H and O–H groups in total. The number of anilines is 1. The molecule has 0 saturated heterocycles. The van der Waals surface area contributed by atoms with Gasteiger partial charge in [0.15, 0.2) is 0 Å². The molecule has 1 aliphatic rings. The second-order valence-electron chi connectivity index (χ2n) is 6.65. The summed E-state index contributed by atoms with van der Waals surface area (Å²) >= 11 is 6.10. The molecule has 0 atom stereocenters. The fraction of sp³-hybridized carbons (Fsp3) is 0.136. The first kappa shape index (κ1) is 16.7. The lowest BCUT2D eigenvalue weighted by atomic mass is 10.1. The maximum atomic E-state index is 13.2. The molecule has 2 aromatic carbocycles. The van der Waals surface area contributed by atoms with Crippen molar-refractivity contribution >= 4 is 34.8 Å². The Morgan fingerprint density at radius 2 is 1.88 bits per heavy atom. The summed E-state index contributed by atoms with van der Waals surface area (Å²) < 4.78 is 0. The largest absolute Gasteiger partial charge is 0.359 e. The van der Waals surface area contributed by atoms with Gasteiger partial charge in [0.2, 0.25) is 0 Å². The van der Waals surface area contributed by atoms with Crippen LogP contribution in [0.15, 0.2) is 54.6 Å². The zero-order valence-corrected chi connectivity index (χ0v) is 15.5. The molecule has 130 valence electrons. The van der Waals surface area contributed by atoms with Crippen LogP contribution in [0.3, 0.4) is 0 Å². The van der Waals surface area contributed by atoms with E-state index in [2.05, 4.69) is 11.1 Å². The van der Waals surface area contributed by atoms with Crippen molar-refractivity contribution in [3.05, 3.63) is 87.7 Å². The van der Waals surface area contributed by atoms with Crippen molar-refractivity contribution < 1.29 is 4.79 Å². The van der Waals surface area contributed by atoms with Crippen LogP contribution in [0.2, 0.25) is 5.02 Å². The third-order valence-electron chi connectivity index (χ3n) is 4.67. The second-order valence-corrected chi connectivity index (χ2v) is 7.08. The number of carbonyl (C=O) groups excluding carboxylic acids is 1. The number of aromatic nitrogens is 1. The Morgan fingerprint density at radius 3 is 2.62 bits per heavy atom. The minimum absolute atomic E-state index is 0.0119. The van der Waals surface area contributed by atoms with Crippen LogP contribution in [-0.4, -0.2) is 10.9 Å². The summed E-state index contributed by atoms with van der Waals surface area (Å²) in [5.41, 5.74) is 6.82. The van der Waals surface area contributed by atoms with Crippen LogP contribution in [0.25, 0.3) is 11.6 Å². The molecule has 1 aliphatic heterocycles. The first-order chi connectivity index (χ1) is 12.5. The number of aromatic amines is 1. The van der Waals surface area contributed by atoms with E-state index in [-0.39, 0.29) is 5.91 Å². The smallest absolute Gasteiger partial charge is 0.259 e. The van der Waals surface area contributed by atoms with Crippen LogP contribution in [0.4, 0.5) is 5.69 Å². The van der Waals surface area contributed by atoms with Gasteiger partial charge in [-0.05, 0) is 55.3 Å². The van der Waals surface area contributed by atoms with Crippen LogP contribution in [0.1, 0.15) is 28.1 Å². The fourth-order valence-corrected chi connectivity index (χ4v) is 3.68. The summed E-state index contributed by atoms with van der Waals surface area (Å²) in [4.78, 5) is 18.3. The molecule has 3 nitrogen and oxygen atoms in total. The van der Waals surface area contributed by atoms with Crippen molar-refractivity contribution in [1.82, 2.24) is 4.98 Å². The number of para-hydroxylation sites is 1. The number of hydrogen-bond acceptors (Lipinski definition) is 1. The zero-order valence-electron chi connectivity index (χ0n) is 14.7. The van der Waals surface area contributed by atoms with E-state index in [0.29, 0.717) is 17.1 Å². The van der Waals surface area contributed by atoms with Crippen LogP contribution in [-0.2, 0) is 11.3 Å². The number of carbonyl (C=O) groups is 1. The predicted octanol–water partition coefficient (Wildman–Crippen LogP) is 5.37. The fourth-order valence-electron chi connectivity index (χ4n) is 3.46. The van der Waals surface area contributed by atoms with E-state index in [0.717, 1.165) is 33.8 Å². The van der Waals surface area contributed by atoms with Crippen molar-refractivity contribution in [1.29, 1.82) is 0 Å². The number of rotatable bonds is 3. The molecule has 0 fully saturated rings. The van der Waals surface area contributed by atoms with E-state index in [1.807, 2.05) is 73.4 Å². The van der Waals surface area contributed by atoms with Gasteiger partial charge in [-0.2, -0.15) is 0 Å². The number of aryl methyl sites for hydroxylation is 2. The molecule has 3 aromatic rings. The molecule has 26 heavy (non-hydrogen) atoms. The molecule has 0 spiro atoms. The molecule has 0 unspecified atom stereocenters. The lowest BCUT2D eigenvalue weighted by Crippen LogP contribution is -2.25. The highest BCUT2D eigenvalue weighted by Gasteiger charge is 2.32. The van der Waals surface area contributed by atoms with Gasteiger partial charge in [0.05, 0.1) is 17.8 Å². The Balaban J connectivity index is 1.76. The van der Waals surface area contributed by atoms with E-state index >= 15 is 0 Å². The summed E-state index contributed by atoms with van der Waals surface area (Å²) in [5.74, 6) is 0.0119. The first-order valence-electron chi connectivity index (χ1n) is 8.56. The highest BCUT2D eigenvalue weighted by molar-refractivity contribution is 6.35. The van der Waals surface area contributed by atoms with Gasteiger partial charge in [-0.15, -0.1) is 0 Å². The highest BCUT2D eigenvalue weighted by atomic mass is 35.5. The predicted molar refractivity (Wildman–Crippen MR) is 107 cm³/mol. The van der Waals surface area contributed by atoms with Crippen molar-refractivity contribution in [3.63, 3.8) is 0 Å². The second kappa shape index (κ2) is 6.50. The molecule has 0 saturated carbocycles. The number of amides is 1. The summed E-state index contributed by atoms with van der Waals surface area (Å²) in [6.07, 6.45) is 1.96. The van der Waals surface area contributed by atoms with Crippen LogP contribution < -0.4 is 4.90 Å². The Bertz CT molecular complexity index is 1030. The Morgan fingerprint density at radius 1 is 1.08 bits per heavy atom. The third-order valence-corrected chi connectivity index (χ3v) is 4.90. The number of nitrogens with zero attached hydrogens (tertiary/aromatic N) is 1. The van der Waals surface area contributed by atoms with Crippen molar-refractivity contribution in [3.8, 4) is 0 Å². The lowest BCUT2D eigenvalue weighted by molar-refractivity contribution is -0.113. The Hall–Kier alpha value is -2.78. The Labute approximate surface area is 157 Å². The standard InChI is InChI=1S/C22H19ClN2O/c1-14-10-15(2)24-20(14)12-19-18-8-3-4-9-21(18)25(22(19)26)13-16-6-5-7-17(23)11-16/h3-12,24H,13H2,1-2H3/b19-12-. The van der Waals surface area contributed by atoms with Crippen LogP contribution in [0.5, 0.6) is 0 Å². The Kier molecular flexibility index (Phi) is 4.17. The molecule has 4 heteroatoms. The number of fused-ring (bicyclic) bond motifs is 1. The first-order valence-corrected chi connectivity index (χ1v) is 8.94. The van der Waals surface area contributed by atoms with Crippen LogP contribution in [0, 0.1) is 13.8 Å². The number of H-pyrrole nitrogens is 1. The zero-order chi connectivity index (χ0) is 18.3. The monoisotopic (exact) mass is 362 g/mol. The van der Waals surface area contributed by atoms with E-state index < -0.39 is 0 Å². The molecule has 4 rings (SSSR count). The average molecular weight is 363 g/mol. The van der Waals surface area contributed by atoms with Gasteiger partial charge in [-0.25, -0.2) is 0 Å². The van der Waals surface area contributed by atoms with E-state index in [1.54, 1.807) is 0 Å². The lowest BCUT2D eigenvalue weighted by Gasteiger charge is -2.17. The van der Waals surface area contributed by atoms with Crippen LogP contribution >= 0.6 is 11.6 Å². The normalized spacial score (nSPS) is 15.0. The maximum Gasteiger partial charge on any atom is 0.259 e. The SMILES string of the molecule is Cc1cc(C)c(/C=C2\C(=O)N(Cc3cccc(Cl)c3)c3ccccc32)[nH]1. The van der Waals surface area contributed by atoms with Gasteiger partial charge < -0.3 is 9.88 Å². The van der Waals surface area contributed by atoms with Gasteiger partial charge in [0.1, 0.15) is 0 Å². The number of hydrogen-bond donors (Lipinski definition) is 1. The van der Waals surface area contributed by atoms with Gasteiger partial charge in [0.25, 0.3) is 5.91 Å². The van der Waals surface area contributed by atoms with Gasteiger partial charge in [-0.3, -0.25) is 4.79 Å². The van der Waals surface area contributed by atoms with E-state index in [9.17, 15) is 4.79 Å². The van der Waals surface area contributed by atoms with Gasteiger partial charge >= 0.3 is 0 Å². The molecule has 0 radical (unpaired) electrons. The highest BCUT2D eigenvalue weighted by Crippen LogP contribution is 2.38. The topological polar surface area (TPSA) is 36.1 Å². The summed E-state index contributed by atoms with van der Waals surface area (Å²) in [6, 6.07) is 17.6. The van der Waals surface area contributed by atoms with E-state index in [4.69, 9.17) is 11.6 Å². The third kappa shape index (κ3) is 2.95. The summed E-state index contributed by atoms with van der Waals surface area (Å²) in [7, 11) is 0. The molecule has 2 heterocycles. The van der Waals surface area contributed by atoms with Gasteiger partial charge in [-0.1, -0.05) is 41.9 Å². The molecule has 1 aromatic heterocycles. The van der Waals surface area contributed by atoms with Gasteiger partial charge in [0, 0.05) is 22.0 Å². The maximum absolute atomic E-state index is 13.2. The molecular weight excluding hydrogens is 344 g/mol. The minimum atomic E-state index is 0.0119. The number of nitrogens with one attached hydrogen (secondary N) is 1. The number of benzene rings is 2. The number of halogens is 1. The van der Waals surface area contributed by atoms with Crippen molar-refractivity contribution in [2.24, 2.45) is 0 Å².